The van der Waals surface area contributed by atoms with Crippen LogP contribution in [0.5, 0.6) is 0 Å². The van der Waals surface area contributed by atoms with Crippen LogP contribution in [0.2, 0.25) is 0 Å². The van der Waals surface area contributed by atoms with Crippen LogP contribution in [0.4, 0.5) is 0 Å². The molecule has 0 bridgehead atoms. The van der Waals surface area contributed by atoms with Crippen molar-refractivity contribution in [3.05, 3.63) is 0 Å². The van der Waals surface area contributed by atoms with E-state index >= 15 is 0 Å². The molecule has 1 nitrogen and oxygen atoms in total. The topological polar surface area (TPSA) is 16.6 Å². The minimum Gasteiger partial charge on any atom is -0.345 e. The normalized spacial score (nSPS) is 21.9. The highest BCUT2D eigenvalue weighted by Crippen LogP contribution is 2.03. The van der Waals surface area contributed by atoms with Crippen molar-refractivity contribution in [3.8, 4) is 0 Å². The van der Waals surface area contributed by atoms with E-state index in [9.17, 15) is 0 Å². The molecular weight excluding hydrogens is 86.1 g/mol. The molecule has 1 aliphatic rings. The van der Waals surface area contributed by atoms with E-state index in [4.69, 9.17) is 0 Å². The minimum absolute atomic E-state index is 1.07. The molecule has 42 valence electrons. The van der Waals surface area contributed by atoms with Crippen LogP contribution in [-0.2, 0) is 0 Å². The van der Waals surface area contributed by atoms with Crippen LogP contribution in [0, 0.1) is 5.92 Å². The van der Waals surface area contributed by atoms with Crippen molar-refractivity contribution < 1.29 is 5.32 Å². The molecule has 0 aliphatic carbocycles. The molecule has 1 aliphatic heterocycles. The van der Waals surface area contributed by atoms with E-state index in [2.05, 4.69) is 12.2 Å². The molecule has 7 heavy (non-hydrogen) atoms. The molecule has 0 aromatic heterocycles. The Labute approximate surface area is 45.1 Å². The van der Waals surface area contributed by atoms with Gasteiger partial charge in [0.2, 0.25) is 0 Å². The largest absolute Gasteiger partial charge is 0.345 e. The Kier molecular flexibility index (Phi) is 1.69. The third-order valence-electron chi connectivity index (χ3n) is 1.70. The predicted molar refractivity (Wildman–Crippen MR) is 30.1 cm³/mol. The molecule has 2 N–H and O–H groups in total. The molecule has 0 saturated carbocycles. The van der Waals surface area contributed by atoms with Crippen molar-refractivity contribution in [2.45, 2.75) is 19.8 Å². The van der Waals surface area contributed by atoms with Gasteiger partial charge in [-0.05, 0) is 6.42 Å². The van der Waals surface area contributed by atoms with E-state index in [1.54, 1.807) is 0 Å². The van der Waals surface area contributed by atoms with Crippen molar-refractivity contribution in [2.75, 3.05) is 13.1 Å². The summed E-state index contributed by atoms with van der Waals surface area (Å²) in [6.07, 6.45) is 2.83. The minimum atomic E-state index is 1.07. The molecule has 0 radical (unpaired) electrons. The third kappa shape index (κ3) is 1.16. The van der Waals surface area contributed by atoms with E-state index in [0.717, 1.165) is 5.92 Å². The maximum absolute atomic E-state index is 2.38. The Balaban J connectivity index is 1.93. The van der Waals surface area contributed by atoms with Gasteiger partial charge in [0.15, 0.2) is 0 Å². The van der Waals surface area contributed by atoms with Crippen LogP contribution in [0.15, 0.2) is 0 Å². The van der Waals surface area contributed by atoms with Crippen LogP contribution in [-0.4, -0.2) is 13.1 Å². The first-order chi connectivity index (χ1) is 3.43. The lowest BCUT2D eigenvalue weighted by Crippen LogP contribution is -2.96. The molecular formula is C6H14N+. The fourth-order valence-electron chi connectivity index (χ4n) is 1.05. The van der Waals surface area contributed by atoms with E-state index in [0.29, 0.717) is 0 Å². The number of nitrogens with two attached hydrogens (primary N) is 1. The summed E-state index contributed by atoms with van der Waals surface area (Å²) in [6, 6.07) is 0. The monoisotopic (exact) mass is 100 g/mol. The smallest absolute Gasteiger partial charge is 0.0838 e. The maximum atomic E-state index is 2.38. The highest BCUT2D eigenvalue weighted by atomic mass is 14.9. The van der Waals surface area contributed by atoms with Gasteiger partial charge in [-0.1, -0.05) is 13.3 Å². The van der Waals surface area contributed by atoms with E-state index in [-0.39, 0.29) is 0 Å². The highest BCUT2D eigenvalue weighted by Gasteiger charge is 2.19. The van der Waals surface area contributed by atoms with Gasteiger partial charge in [0.25, 0.3) is 0 Å². The summed E-state index contributed by atoms with van der Waals surface area (Å²) in [4.78, 5) is 0. The summed E-state index contributed by atoms with van der Waals surface area (Å²) in [7, 11) is 0. The van der Waals surface area contributed by atoms with Gasteiger partial charge in [-0.2, -0.15) is 0 Å². The molecule has 1 heteroatoms. The summed E-state index contributed by atoms with van der Waals surface area (Å²) in [6.45, 7) is 5.06. The van der Waals surface area contributed by atoms with Crippen LogP contribution < -0.4 is 5.32 Å². The van der Waals surface area contributed by atoms with Crippen molar-refractivity contribution >= 4 is 0 Å². The fraction of sp³-hybridized carbons (Fsp3) is 1.00. The van der Waals surface area contributed by atoms with Crippen LogP contribution in [0.25, 0.3) is 0 Å². The van der Waals surface area contributed by atoms with Gasteiger partial charge in [0.1, 0.15) is 0 Å². The summed E-state index contributed by atoms with van der Waals surface area (Å²) >= 11 is 0. The SMILES string of the molecule is CCCC1C[NH2+]C1. The molecule has 1 fully saturated rings. The molecule has 1 saturated heterocycles. The summed E-state index contributed by atoms with van der Waals surface area (Å²) in [5.74, 6) is 1.07. The average Bonchev–Trinajstić information content (AvgIpc) is 1.55. The first-order valence-corrected chi connectivity index (χ1v) is 3.25. The first kappa shape index (κ1) is 5.10. The van der Waals surface area contributed by atoms with Gasteiger partial charge in [-0.15, -0.1) is 0 Å². The number of rotatable bonds is 2. The zero-order valence-corrected chi connectivity index (χ0v) is 4.98. The second-order valence-electron chi connectivity index (χ2n) is 2.41. The van der Waals surface area contributed by atoms with Crippen LogP contribution in [0.1, 0.15) is 19.8 Å². The maximum Gasteiger partial charge on any atom is 0.0838 e. The van der Waals surface area contributed by atoms with Gasteiger partial charge in [-0.3, -0.25) is 0 Å². The van der Waals surface area contributed by atoms with E-state index in [1.807, 2.05) is 0 Å². The lowest BCUT2D eigenvalue weighted by Gasteiger charge is -2.21. The zero-order chi connectivity index (χ0) is 5.11. The number of quaternary nitrogens is 1. The molecule has 1 rings (SSSR count). The van der Waals surface area contributed by atoms with Crippen LogP contribution in [0.3, 0.4) is 0 Å². The van der Waals surface area contributed by atoms with Crippen molar-refractivity contribution in [3.63, 3.8) is 0 Å². The Hall–Kier alpha value is -0.0400. The highest BCUT2D eigenvalue weighted by molar-refractivity contribution is 4.58. The van der Waals surface area contributed by atoms with Gasteiger partial charge in [-0.25, -0.2) is 0 Å². The van der Waals surface area contributed by atoms with Gasteiger partial charge in [0, 0.05) is 0 Å². The van der Waals surface area contributed by atoms with Crippen LogP contribution >= 0.6 is 0 Å². The summed E-state index contributed by atoms with van der Waals surface area (Å²) < 4.78 is 0. The number of hydrogen-bond donors (Lipinski definition) is 1. The molecule has 0 unspecified atom stereocenters. The second kappa shape index (κ2) is 2.31. The molecule has 0 atom stereocenters. The summed E-state index contributed by atoms with van der Waals surface area (Å²) in [5.41, 5.74) is 0. The van der Waals surface area contributed by atoms with Gasteiger partial charge in [0.05, 0.1) is 19.0 Å². The molecule has 0 aromatic carbocycles. The summed E-state index contributed by atoms with van der Waals surface area (Å²) in [5, 5.41) is 2.38. The number of hydrogen-bond acceptors (Lipinski definition) is 0. The Morgan fingerprint density at radius 2 is 2.29 bits per heavy atom. The lowest BCUT2D eigenvalue weighted by molar-refractivity contribution is -0.723. The molecule has 0 aromatic rings. The molecule has 0 amide bonds. The zero-order valence-electron chi connectivity index (χ0n) is 4.98. The quantitative estimate of drug-likeness (QED) is 0.502. The third-order valence-corrected chi connectivity index (χ3v) is 1.70. The molecule has 0 spiro atoms. The molecule has 1 heterocycles. The van der Waals surface area contributed by atoms with E-state index < -0.39 is 0 Å². The van der Waals surface area contributed by atoms with E-state index in [1.165, 1.54) is 25.9 Å². The van der Waals surface area contributed by atoms with Gasteiger partial charge >= 0.3 is 0 Å². The fourth-order valence-corrected chi connectivity index (χ4v) is 1.05. The van der Waals surface area contributed by atoms with Crippen molar-refractivity contribution in [1.29, 1.82) is 0 Å². The standard InChI is InChI=1S/C6H13N/c1-2-3-6-4-7-5-6/h6-7H,2-5H2,1H3/p+1. The average molecular weight is 100 g/mol. The Morgan fingerprint density at radius 1 is 1.57 bits per heavy atom. The second-order valence-corrected chi connectivity index (χ2v) is 2.41. The van der Waals surface area contributed by atoms with Crippen molar-refractivity contribution in [1.82, 2.24) is 0 Å². The Morgan fingerprint density at radius 3 is 2.43 bits per heavy atom. The predicted octanol–water partition coefficient (Wildman–Crippen LogP) is -0.0203. The lowest BCUT2D eigenvalue weighted by atomic mass is 9.98. The first-order valence-electron chi connectivity index (χ1n) is 3.25. The van der Waals surface area contributed by atoms with Gasteiger partial charge < -0.3 is 5.32 Å². The Bertz CT molecular complexity index is 48.1. The van der Waals surface area contributed by atoms with Crippen molar-refractivity contribution in [2.24, 2.45) is 5.92 Å².